The largest absolute Gasteiger partial charge is 0.871 e. The number of carbonyl (C=O) groups is 1. The van der Waals surface area contributed by atoms with Gasteiger partial charge in [-0.25, -0.2) is 16.8 Å². The second-order valence-corrected chi connectivity index (χ2v) is 10.8. The van der Waals surface area contributed by atoms with Crippen molar-refractivity contribution < 1.29 is 26.7 Å². The summed E-state index contributed by atoms with van der Waals surface area (Å²) in [7, 11) is -7.81. The first-order valence-electron chi connectivity index (χ1n) is 9.43. The molecule has 0 fully saturated rings. The zero-order valence-corrected chi connectivity index (χ0v) is 18.0. The maximum absolute atomic E-state index is 12.7. The number of benzene rings is 2. The molecule has 6 nitrogen and oxygen atoms in total. The maximum atomic E-state index is 12.7. The van der Waals surface area contributed by atoms with Gasteiger partial charge in [-0.1, -0.05) is 55.2 Å². The molecule has 2 aromatic carbocycles. The highest BCUT2D eigenvalue weighted by molar-refractivity contribution is 7.97. The molecule has 0 amide bonds. The zero-order valence-electron chi connectivity index (χ0n) is 16.4. The standard InChI is InChI=1S/C23H18O6S2/c1-2-15(11-13-20-22(24)16-7-3-5-9-18(16)30(20,26)27)12-14-21-23(25)17-8-4-6-10-19(17)31(21,28)29/h3-14,24H,2H2,1H3/p-1. The average molecular weight is 454 g/mol. The summed E-state index contributed by atoms with van der Waals surface area (Å²) in [5, 5.41) is 12.5. The first-order valence-corrected chi connectivity index (χ1v) is 12.4. The zero-order chi connectivity index (χ0) is 22.4. The molecular weight excluding hydrogens is 436 g/mol. The van der Waals surface area contributed by atoms with Gasteiger partial charge < -0.3 is 5.11 Å². The van der Waals surface area contributed by atoms with Gasteiger partial charge in [-0.2, -0.15) is 0 Å². The predicted molar refractivity (Wildman–Crippen MR) is 114 cm³/mol. The molecule has 0 bridgehead atoms. The van der Waals surface area contributed by atoms with Crippen LogP contribution >= 0.6 is 0 Å². The minimum absolute atomic E-state index is 0.0239. The Kier molecular flexibility index (Phi) is 5.07. The summed E-state index contributed by atoms with van der Waals surface area (Å²) in [5.41, 5.74) is 0.816. The van der Waals surface area contributed by atoms with Crippen LogP contribution < -0.4 is 5.11 Å². The Morgan fingerprint density at radius 2 is 1.48 bits per heavy atom. The van der Waals surface area contributed by atoms with Gasteiger partial charge in [0.1, 0.15) is 4.91 Å². The summed E-state index contributed by atoms with van der Waals surface area (Å²) < 4.78 is 50.6. The monoisotopic (exact) mass is 453 g/mol. The molecule has 0 saturated heterocycles. The van der Waals surface area contributed by atoms with E-state index in [1.165, 1.54) is 48.6 Å². The van der Waals surface area contributed by atoms with Crippen molar-refractivity contribution in [1.82, 2.24) is 0 Å². The molecule has 0 atom stereocenters. The summed E-state index contributed by atoms with van der Waals surface area (Å²) in [6.45, 7) is 1.79. The van der Waals surface area contributed by atoms with Gasteiger partial charge in [0.2, 0.25) is 25.5 Å². The van der Waals surface area contributed by atoms with Crippen molar-refractivity contribution in [3.8, 4) is 0 Å². The minimum atomic E-state index is -3.91. The second-order valence-electron chi connectivity index (χ2n) is 6.98. The molecule has 158 valence electrons. The highest BCUT2D eigenvalue weighted by atomic mass is 32.2. The molecule has 31 heavy (non-hydrogen) atoms. The Bertz CT molecular complexity index is 1450. The summed E-state index contributed by atoms with van der Waals surface area (Å²) in [6.07, 6.45) is 5.78. The van der Waals surface area contributed by atoms with Crippen LogP contribution in [0.3, 0.4) is 0 Å². The fourth-order valence-electron chi connectivity index (χ4n) is 3.51. The molecule has 0 aliphatic carbocycles. The van der Waals surface area contributed by atoms with Gasteiger partial charge in [0.25, 0.3) is 0 Å². The highest BCUT2D eigenvalue weighted by Crippen LogP contribution is 2.37. The lowest BCUT2D eigenvalue weighted by atomic mass is 10.1. The average Bonchev–Trinajstić information content (AvgIpc) is 3.07. The molecule has 0 unspecified atom stereocenters. The molecule has 2 heterocycles. The number of sulfone groups is 2. The first-order chi connectivity index (χ1) is 14.7. The lowest BCUT2D eigenvalue weighted by Gasteiger charge is -2.08. The number of hydrogen-bond donors (Lipinski definition) is 0. The van der Waals surface area contributed by atoms with Gasteiger partial charge in [0.15, 0.2) is 0 Å². The number of fused-ring (bicyclic) bond motifs is 2. The van der Waals surface area contributed by atoms with E-state index in [1.807, 2.05) is 0 Å². The molecule has 2 aromatic rings. The second kappa shape index (κ2) is 7.47. The van der Waals surface area contributed by atoms with Crippen molar-refractivity contribution in [3.05, 3.63) is 99.3 Å². The van der Waals surface area contributed by atoms with Crippen molar-refractivity contribution in [3.63, 3.8) is 0 Å². The normalized spacial score (nSPS) is 20.5. The summed E-state index contributed by atoms with van der Waals surface area (Å²) >= 11 is 0. The van der Waals surface area contributed by atoms with E-state index in [0.29, 0.717) is 12.0 Å². The lowest BCUT2D eigenvalue weighted by molar-refractivity contribution is -0.244. The Morgan fingerprint density at radius 1 is 0.903 bits per heavy atom. The highest BCUT2D eigenvalue weighted by Gasteiger charge is 2.38. The molecule has 0 aromatic heterocycles. The number of rotatable bonds is 4. The minimum Gasteiger partial charge on any atom is -0.871 e. The van der Waals surface area contributed by atoms with E-state index in [-0.39, 0.29) is 30.7 Å². The number of allylic oxidation sites excluding steroid dienone is 6. The van der Waals surface area contributed by atoms with Crippen molar-refractivity contribution in [2.45, 2.75) is 23.1 Å². The Morgan fingerprint density at radius 3 is 2.06 bits per heavy atom. The van der Waals surface area contributed by atoms with Crippen LogP contribution in [0.25, 0.3) is 5.76 Å². The van der Waals surface area contributed by atoms with Crippen molar-refractivity contribution in [2.24, 2.45) is 0 Å². The first kappa shape index (κ1) is 21.0. The number of ketones is 1. The molecule has 0 N–H and O–H groups in total. The van der Waals surface area contributed by atoms with E-state index in [0.717, 1.165) is 0 Å². The van der Waals surface area contributed by atoms with Gasteiger partial charge >= 0.3 is 0 Å². The Balaban J connectivity index is 1.70. The van der Waals surface area contributed by atoms with Crippen LogP contribution in [0.2, 0.25) is 0 Å². The quantitative estimate of drug-likeness (QED) is 0.520. The SMILES string of the molecule is CCC(C=CC1=C([O-])c2ccccc2S1(=O)=O)=CC=C1C(=O)c2ccccc2S1(=O)=O. The van der Waals surface area contributed by atoms with E-state index < -0.39 is 31.2 Å². The number of carbonyl (C=O) groups excluding carboxylic acids is 1. The van der Waals surface area contributed by atoms with Crippen LogP contribution in [0.1, 0.15) is 29.3 Å². The molecule has 0 radical (unpaired) electrons. The van der Waals surface area contributed by atoms with Crippen LogP contribution in [0, 0.1) is 0 Å². The Labute approximate surface area is 180 Å². The van der Waals surface area contributed by atoms with E-state index >= 15 is 0 Å². The number of hydrogen-bond acceptors (Lipinski definition) is 6. The van der Waals surface area contributed by atoms with Gasteiger partial charge in [0, 0.05) is 5.56 Å². The summed E-state index contributed by atoms with van der Waals surface area (Å²) in [5.74, 6) is -1.16. The van der Waals surface area contributed by atoms with E-state index in [9.17, 15) is 26.7 Å². The molecule has 2 aliphatic rings. The molecule has 2 aliphatic heterocycles. The molecular formula is C23H17O6S2-. The lowest BCUT2D eigenvalue weighted by Crippen LogP contribution is -2.03. The fourth-order valence-corrected chi connectivity index (χ4v) is 6.60. The van der Waals surface area contributed by atoms with Gasteiger partial charge in [-0.3, -0.25) is 4.79 Å². The third-order valence-corrected chi connectivity index (χ3v) is 8.85. The molecule has 0 saturated carbocycles. The third-order valence-electron chi connectivity index (χ3n) is 5.17. The van der Waals surface area contributed by atoms with Gasteiger partial charge in [0.05, 0.1) is 14.7 Å². The van der Waals surface area contributed by atoms with Crippen LogP contribution in [0.15, 0.2) is 98.0 Å². The van der Waals surface area contributed by atoms with Crippen LogP contribution in [0.4, 0.5) is 0 Å². The van der Waals surface area contributed by atoms with E-state index in [1.54, 1.807) is 31.2 Å². The Hall–Kier alpha value is -3.23. The third kappa shape index (κ3) is 3.28. The maximum Gasteiger partial charge on any atom is 0.211 e. The van der Waals surface area contributed by atoms with Crippen LogP contribution in [-0.4, -0.2) is 22.6 Å². The molecule has 0 spiro atoms. The molecule has 8 heteroatoms. The fraction of sp³-hybridized carbons (Fsp3) is 0.0870. The predicted octanol–water partition coefficient (Wildman–Crippen LogP) is 2.95. The molecule has 4 rings (SSSR count). The topological polar surface area (TPSA) is 108 Å². The smallest absolute Gasteiger partial charge is 0.211 e. The van der Waals surface area contributed by atoms with Crippen molar-refractivity contribution in [1.29, 1.82) is 0 Å². The van der Waals surface area contributed by atoms with E-state index in [2.05, 4.69) is 0 Å². The van der Waals surface area contributed by atoms with Crippen molar-refractivity contribution in [2.75, 3.05) is 0 Å². The van der Waals surface area contributed by atoms with Gasteiger partial charge in [-0.05, 0) is 47.9 Å². The number of Topliss-reactive ketones (excluding diaryl/α,β-unsaturated/α-hetero) is 1. The van der Waals surface area contributed by atoms with Gasteiger partial charge in [-0.15, -0.1) is 0 Å². The van der Waals surface area contributed by atoms with Crippen LogP contribution in [0.5, 0.6) is 0 Å². The van der Waals surface area contributed by atoms with Crippen LogP contribution in [-0.2, 0) is 19.7 Å². The van der Waals surface area contributed by atoms with E-state index in [4.69, 9.17) is 0 Å². The summed E-state index contributed by atoms with van der Waals surface area (Å²) in [4.78, 5) is 11.8. The van der Waals surface area contributed by atoms with Crippen molar-refractivity contribution >= 4 is 31.2 Å². The summed E-state index contributed by atoms with van der Waals surface area (Å²) in [6, 6.07) is 12.0.